The molecule has 1 aliphatic heterocycles. The smallest absolute Gasteiger partial charge is 0.253 e. The summed E-state index contributed by atoms with van der Waals surface area (Å²) < 4.78 is 0. The molecule has 1 aromatic rings. The Labute approximate surface area is 128 Å². The summed E-state index contributed by atoms with van der Waals surface area (Å²) in [4.78, 5) is 17.0. The molecule has 1 aliphatic rings. The molecule has 0 radical (unpaired) electrons. The Balaban J connectivity index is 2.20. The molecule has 1 saturated heterocycles. The fraction of sp³-hybridized carbons (Fsp3) is 0.611. The van der Waals surface area contributed by atoms with E-state index in [4.69, 9.17) is 0 Å². The summed E-state index contributed by atoms with van der Waals surface area (Å²) in [6.07, 6.45) is 2.00. The van der Waals surface area contributed by atoms with Crippen LogP contribution in [0.5, 0.6) is 0 Å². The van der Waals surface area contributed by atoms with Crippen LogP contribution in [-0.4, -0.2) is 46.9 Å². The number of rotatable bonds is 2. The average Bonchev–Trinajstić information content (AvgIpc) is 2.43. The average molecular weight is 288 g/mol. The second kappa shape index (κ2) is 5.45. The molecule has 0 bridgehead atoms. The van der Waals surface area contributed by atoms with Gasteiger partial charge in [-0.3, -0.25) is 9.69 Å². The summed E-state index contributed by atoms with van der Waals surface area (Å²) >= 11 is 0. The standard InChI is InChI=1S/C18H28N2O/c1-17(2)12-15(13-18(3,4)20(17)6)19(5)16(21)14-10-8-7-9-11-14/h7-11,15H,12-13H2,1-6H3. The second-order valence-corrected chi connectivity index (χ2v) is 7.53. The van der Waals surface area contributed by atoms with Crippen molar-refractivity contribution >= 4 is 5.91 Å². The van der Waals surface area contributed by atoms with E-state index in [0.717, 1.165) is 18.4 Å². The molecule has 1 heterocycles. The summed E-state index contributed by atoms with van der Waals surface area (Å²) in [5, 5.41) is 0. The highest BCUT2D eigenvalue weighted by atomic mass is 16.2. The molecule has 1 amide bonds. The Hall–Kier alpha value is -1.35. The molecule has 0 atom stereocenters. The maximum absolute atomic E-state index is 12.7. The Morgan fingerprint density at radius 3 is 2.05 bits per heavy atom. The largest absolute Gasteiger partial charge is 0.339 e. The number of likely N-dealkylation sites (tertiary alicyclic amines) is 1. The molecule has 0 aromatic heterocycles. The maximum atomic E-state index is 12.7. The van der Waals surface area contributed by atoms with E-state index in [1.165, 1.54) is 0 Å². The third-order valence-electron chi connectivity index (χ3n) is 5.18. The number of hydrogen-bond donors (Lipinski definition) is 0. The first-order valence-electron chi connectivity index (χ1n) is 7.71. The zero-order valence-corrected chi connectivity index (χ0v) is 14.2. The first kappa shape index (κ1) is 16.0. The predicted molar refractivity (Wildman–Crippen MR) is 87.5 cm³/mol. The lowest BCUT2D eigenvalue weighted by molar-refractivity contribution is -0.0376. The highest BCUT2D eigenvalue weighted by Gasteiger charge is 2.44. The van der Waals surface area contributed by atoms with Gasteiger partial charge in [-0.05, 0) is 59.7 Å². The molecule has 1 aromatic carbocycles. The van der Waals surface area contributed by atoms with Crippen molar-refractivity contribution in [1.29, 1.82) is 0 Å². The Morgan fingerprint density at radius 2 is 1.57 bits per heavy atom. The van der Waals surface area contributed by atoms with Crippen LogP contribution in [0.15, 0.2) is 30.3 Å². The van der Waals surface area contributed by atoms with Crippen LogP contribution in [0.4, 0.5) is 0 Å². The molecule has 0 aliphatic carbocycles. The van der Waals surface area contributed by atoms with Crippen LogP contribution in [0.2, 0.25) is 0 Å². The molecule has 3 nitrogen and oxygen atoms in total. The van der Waals surface area contributed by atoms with Gasteiger partial charge in [-0.2, -0.15) is 0 Å². The molecule has 2 rings (SSSR count). The lowest BCUT2D eigenvalue weighted by Crippen LogP contribution is -2.62. The molecule has 0 N–H and O–H groups in total. The Bertz CT molecular complexity index is 489. The molecular weight excluding hydrogens is 260 g/mol. The van der Waals surface area contributed by atoms with Crippen molar-refractivity contribution in [2.24, 2.45) is 0 Å². The van der Waals surface area contributed by atoms with E-state index < -0.39 is 0 Å². The normalized spacial score (nSPS) is 22.0. The molecule has 0 saturated carbocycles. The topological polar surface area (TPSA) is 23.6 Å². The summed E-state index contributed by atoms with van der Waals surface area (Å²) in [6, 6.07) is 9.85. The summed E-state index contributed by atoms with van der Waals surface area (Å²) in [5.74, 6) is 0.122. The first-order chi connectivity index (χ1) is 9.65. The van der Waals surface area contributed by atoms with Crippen molar-refractivity contribution in [3.8, 4) is 0 Å². The van der Waals surface area contributed by atoms with Crippen LogP contribution in [-0.2, 0) is 0 Å². The number of amides is 1. The van der Waals surface area contributed by atoms with Gasteiger partial charge in [0.05, 0.1) is 0 Å². The second-order valence-electron chi connectivity index (χ2n) is 7.53. The van der Waals surface area contributed by atoms with Gasteiger partial charge in [-0.15, -0.1) is 0 Å². The fourth-order valence-corrected chi connectivity index (χ4v) is 3.54. The third-order valence-corrected chi connectivity index (χ3v) is 5.18. The quantitative estimate of drug-likeness (QED) is 0.832. The molecule has 116 valence electrons. The molecule has 0 unspecified atom stereocenters. The zero-order chi connectivity index (χ0) is 15.8. The highest BCUT2D eigenvalue weighted by molar-refractivity contribution is 5.94. The van der Waals surface area contributed by atoms with Gasteiger partial charge in [0.25, 0.3) is 5.91 Å². The maximum Gasteiger partial charge on any atom is 0.253 e. The molecule has 3 heteroatoms. The SMILES string of the molecule is CN(C(=O)c1ccccc1)C1CC(C)(C)N(C)C(C)(C)C1. The van der Waals surface area contributed by atoms with E-state index in [1.54, 1.807) is 0 Å². The number of hydrogen-bond acceptors (Lipinski definition) is 2. The van der Waals surface area contributed by atoms with Gasteiger partial charge in [0.1, 0.15) is 0 Å². The minimum atomic E-state index is 0.0949. The van der Waals surface area contributed by atoms with Gasteiger partial charge in [-0.1, -0.05) is 18.2 Å². The highest BCUT2D eigenvalue weighted by Crippen LogP contribution is 2.38. The van der Waals surface area contributed by atoms with Crippen molar-refractivity contribution in [2.45, 2.75) is 57.7 Å². The van der Waals surface area contributed by atoms with Crippen LogP contribution in [0.1, 0.15) is 50.9 Å². The minimum absolute atomic E-state index is 0.0949. The minimum Gasteiger partial charge on any atom is -0.339 e. The summed E-state index contributed by atoms with van der Waals surface area (Å²) in [5.41, 5.74) is 0.962. The van der Waals surface area contributed by atoms with Gasteiger partial charge in [-0.25, -0.2) is 0 Å². The molecular formula is C18H28N2O. The van der Waals surface area contributed by atoms with Crippen LogP contribution in [0, 0.1) is 0 Å². The summed E-state index contributed by atoms with van der Waals surface area (Å²) in [7, 11) is 4.13. The number of carbonyl (C=O) groups excluding carboxylic acids is 1. The Kier molecular flexibility index (Phi) is 4.16. The van der Waals surface area contributed by atoms with Crippen molar-refractivity contribution in [3.63, 3.8) is 0 Å². The van der Waals surface area contributed by atoms with E-state index >= 15 is 0 Å². The van der Waals surface area contributed by atoms with E-state index in [9.17, 15) is 4.79 Å². The number of piperidine rings is 1. The molecule has 1 fully saturated rings. The zero-order valence-electron chi connectivity index (χ0n) is 14.2. The van der Waals surface area contributed by atoms with Crippen LogP contribution >= 0.6 is 0 Å². The lowest BCUT2D eigenvalue weighted by atomic mass is 9.77. The van der Waals surface area contributed by atoms with Crippen molar-refractivity contribution < 1.29 is 4.79 Å². The van der Waals surface area contributed by atoms with Crippen LogP contribution < -0.4 is 0 Å². The molecule has 21 heavy (non-hydrogen) atoms. The van der Waals surface area contributed by atoms with E-state index in [1.807, 2.05) is 42.3 Å². The lowest BCUT2D eigenvalue weighted by Gasteiger charge is -2.55. The van der Waals surface area contributed by atoms with Crippen molar-refractivity contribution in [1.82, 2.24) is 9.80 Å². The van der Waals surface area contributed by atoms with Gasteiger partial charge >= 0.3 is 0 Å². The van der Waals surface area contributed by atoms with Gasteiger partial charge in [0, 0.05) is 29.7 Å². The van der Waals surface area contributed by atoms with E-state index in [2.05, 4.69) is 39.6 Å². The Morgan fingerprint density at radius 1 is 1.10 bits per heavy atom. The third kappa shape index (κ3) is 3.13. The number of carbonyl (C=O) groups is 1. The van der Waals surface area contributed by atoms with Crippen molar-refractivity contribution in [2.75, 3.05) is 14.1 Å². The number of nitrogens with zero attached hydrogens (tertiary/aromatic N) is 2. The van der Waals surface area contributed by atoms with Gasteiger partial charge in [0.2, 0.25) is 0 Å². The monoisotopic (exact) mass is 288 g/mol. The number of benzene rings is 1. The van der Waals surface area contributed by atoms with E-state index in [0.29, 0.717) is 0 Å². The van der Waals surface area contributed by atoms with Gasteiger partial charge in [0.15, 0.2) is 0 Å². The fourth-order valence-electron chi connectivity index (χ4n) is 3.54. The molecule has 0 spiro atoms. The summed E-state index contributed by atoms with van der Waals surface area (Å²) in [6.45, 7) is 9.06. The predicted octanol–water partition coefficient (Wildman–Crippen LogP) is 3.41. The van der Waals surface area contributed by atoms with Crippen LogP contribution in [0.3, 0.4) is 0 Å². The van der Waals surface area contributed by atoms with Crippen molar-refractivity contribution in [3.05, 3.63) is 35.9 Å². The van der Waals surface area contributed by atoms with Crippen LogP contribution in [0.25, 0.3) is 0 Å². The van der Waals surface area contributed by atoms with E-state index in [-0.39, 0.29) is 23.0 Å². The first-order valence-corrected chi connectivity index (χ1v) is 7.71. The van der Waals surface area contributed by atoms with Gasteiger partial charge < -0.3 is 4.90 Å².